The number of fused-ring (bicyclic) bond motifs is 1. The van der Waals surface area contributed by atoms with Crippen molar-refractivity contribution in [3.8, 4) is 11.1 Å². The Morgan fingerprint density at radius 2 is 2.12 bits per heavy atom. The lowest BCUT2D eigenvalue weighted by Gasteiger charge is -2.15. The number of nitrogen functional groups attached to an aromatic ring is 2. The minimum absolute atomic E-state index is 0.186. The summed E-state index contributed by atoms with van der Waals surface area (Å²) in [4.78, 5) is 8.29. The maximum atomic E-state index is 8.78. The second kappa shape index (κ2) is 7.97. The van der Waals surface area contributed by atoms with Crippen molar-refractivity contribution in [3.63, 3.8) is 0 Å². The second-order valence-electron chi connectivity index (χ2n) is 5.66. The van der Waals surface area contributed by atoms with Gasteiger partial charge in [0.2, 0.25) is 0 Å². The third-order valence-electron chi connectivity index (χ3n) is 3.74. The molecule has 8 heteroatoms. The number of nitrogens with two attached hydrogens (primary N) is 2. The first kappa shape index (κ1) is 17.9. The summed E-state index contributed by atoms with van der Waals surface area (Å²) in [6.45, 7) is 1.37. The number of rotatable bonds is 1. The zero-order valence-electron chi connectivity index (χ0n) is 13.5. The molecular formula is C17H19ClN4O2S. The molecule has 0 bridgehead atoms. The molecule has 2 aromatic heterocycles. The van der Waals surface area contributed by atoms with Gasteiger partial charge in [-0.15, -0.1) is 0 Å². The predicted molar refractivity (Wildman–Crippen MR) is 103 cm³/mol. The van der Waals surface area contributed by atoms with Gasteiger partial charge in [-0.2, -0.15) is 0 Å². The molecule has 4 rings (SSSR count). The van der Waals surface area contributed by atoms with E-state index in [0.717, 1.165) is 40.8 Å². The molecular weight excluding hydrogens is 360 g/mol. The normalized spacial score (nSPS) is 17.1. The van der Waals surface area contributed by atoms with Crippen molar-refractivity contribution in [2.24, 2.45) is 0 Å². The summed E-state index contributed by atoms with van der Waals surface area (Å²) >= 11 is 7.61. The van der Waals surface area contributed by atoms with Crippen LogP contribution in [0, 0.1) is 0 Å². The maximum Gasteiger partial charge on any atom is 0.181 e. The number of aromatic nitrogens is 2. The summed E-state index contributed by atoms with van der Waals surface area (Å²) in [5, 5.41) is 9.87. The third-order valence-corrected chi connectivity index (χ3v) is 4.89. The van der Waals surface area contributed by atoms with E-state index in [-0.39, 0.29) is 6.10 Å². The van der Waals surface area contributed by atoms with E-state index in [4.69, 9.17) is 32.9 Å². The van der Waals surface area contributed by atoms with Gasteiger partial charge in [0.15, 0.2) is 5.13 Å². The second-order valence-corrected chi connectivity index (χ2v) is 7.13. The molecule has 3 aromatic rings. The Bertz CT molecular complexity index is 865. The first-order valence-corrected chi connectivity index (χ1v) is 9.06. The van der Waals surface area contributed by atoms with Crippen LogP contribution in [-0.4, -0.2) is 34.4 Å². The number of halogens is 1. The van der Waals surface area contributed by atoms with E-state index in [9.17, 15) is 0 Å². The molecule has 1 unspecified atom stereocenters. The van der Waals surface area contributed by atoms with Gasteiger partial charge in [-0.3, -0.25) is 0 Å². The highest BCUT2D eigenvalue weighted by Crippen LogP contribution is 2.36. The van der Waals surface area contributed by atoms with Crippen LogP contribution in [0.3, 0.4) is 0 Å². The summed E-state index contributed by atoms with van der Waals surface area (Å²) in [7, 11) is 0. The molecule has 6 nitrogen and oxygen atoms in total. The van der Waals surface area contributed by atoms with Gasteiger partial charge in [-0.1, -0.05) is 35.1 Å². The summed E-state index contributed by atoms with van der Waals surface area (Å²) in [6, 6.07) is 7.61. The molecule has 132 valence electrons. The minimum atomic E-state index is -0.186. The number of hydrogen-bond acceptors (Lipinski definition) is 7. The molecule has 0 aliphatic carbocycles. The van der Waals surface area contributed by atoms with Gasteiger partial charge in [-0.05, 0) is 25.0 Å². The van der Waals surface area contributed by atoms with Gasteiger partial charge < -0.3 is 21.3 Å². The van der Waals surface area contributed by atoms with Crippen LogP contribution in [0.2, 0.25) is 5.02 Å². The van der Waals surface area contributed by atoms with Crippen molar-refractivity contribution in [1.82, 2.24) is 9.97 Å². The largest absolute Gasteiger partial charge is 0.391 e. The molecule has 0 spiro atoms. The number of aliphatic hydroxyl groups is 1. The molecule has 3 heterocycles. The zero-order valence-corrected chi connectivity index (χ0v) is 15.1. The zero-order chi connectivity index (χ0) is 17.8. The van der Waals surface area contributed by atoms with Gasteiger partial charge in [-0.25, -0.2) is 9.97 Å². The van der Waals surface area contributed by atoms with Crippen LogP contribution in [0.15, 0.2) is 30.5 Å². The minimum Gasteiger partial charge on any atom is -0.391 e. The van der Waals surface area contributed by atoms with Crippen LogP contribution >= 0.6 is 22.9 Å². The van der Waals surface area contributed by atoms with Crippen molar-refractivity contribution in [1.29, 1.82) is 0 Å². The van der Waals surface area contributed by atoms with Crippen molar-refractivity contribution < 1.29 is 9.84 Å². The Morgan fingerprint density at radius 3 is 2.80 bits per heavy atom. The van der Waals surface area contributed by atoms with Crippen molar-refractivity contribution in [2.75, 3.05) is 24.7 Å². The van der Waals surface area contributed by atoms with Crippen LogP contribution in [0.4, 0.5) is 10.9 Å². The standard InChI is InChI=1S/C12H9ClN4S.C5H10O2/c13-8-5-16-10(14)4-7(8)6-2-1-3-9-11(6)17-12(15)18-9;6-5-2-1-3-7-4-5/h1-5H,(H2,14,16)(H2,15,17);5-6H,1-4H2. The number of thiazole rings is 1. The maximum absolute atomic E-state index is 8.78. The number of ether oxygens (including phenoxy) is 1. The van der Waals surface area contributed by atoms with Crippen LogP contribution < -0.4 is 11.5 Å². The van der Waals surface area contributed by atoms with Crippen LogP contribution in [0.1, 0.15) is 12.8 Å². The number of pyridine rings is 1. The number of hydrogen-bond donors (Lipinski definition) is 3. The lowest BCUT2D eigenvalue weighted by atomic mass is 10.1. The van der Waals surface area contributed by atoms with Crippen molar-refractivity contribution in [2.45, 2.75) is 18.9 Å². The molecule has 0 radical (unpaired) electrons. The first-order valence-electron chi connectivity index (χ1n) is 7.87. The number of benzene rings is 1. The Morgan fingerprint density at radius 1 is 1.28 bits per heavy atom. The molecule has 1 aromatic carbocycles. The molecule has 25 heavy (non-hydrogen) atoms. The van der Waals surface area contributed by atoms with E-state index in [2.05, 4.69) is 9.97 Å². The van der Waals surface area contributed by atoms with E-state index < -0.39 is 0 Å². The molecule has 1 aliphatic rings. The fourth-order valence-corrected chi connectivity index (χ4v) is 3.53. The fourth-order valence-electron chi connectivity index (χ4n) is 2.57. The lowest BCUT2D eigenvalue weighted by Crippen LogP contribution is -2.21. The van der Waals surface area contributed by atoms with Crippen LogP contribution in [0.5, 0.6) is 0 Å². The number of aliphatic hydroxyl groups excluding tert-OH is 1. The summed E-state index contributed by atoms with van der Waals surface area (Å²) in [5.74, 6) is 0.426. The fraction of sp³-hybridized carbons (Fsp3) is 0.294. The monoisotopic (exact) mass is 378 g/mol. The molecule has 1 aliphatic heterocycles. The number of para-hydroxylation sites is 1. The van der Waals surface area contributed by atoms with Crippen molar-refractivity contribution in [3.05, 3.63) is 35.5 Å². The van der Waals surface area contributed by atoms with Gasteiger partial charge in [0.1, 0.15) is 5.82 Å². The molecule has 1 saturated heterocycles. The highest BCUT2D eigenvalue weighted by molar-refractivity contribution is 7.22. The number of nitrogens with zero attached hydrogens (tertiary/aromatic N) is 2. The molecule has 0 amide bonds. The highest BCUT2D eigenvalue weighted by Gasteiger charge is 2.12. The van der Waals surface area contributed by atoms with Crippen LogP contribution in [-0.2, 0) is 4.74 Å². The molecule has 1 atom stereocenters. The van der Waals surface area contributed by atoms with E-state index in [1.54, 1.807) is 12.3 Å². The first-order chi connectivity index (χ1) is 12.0. The van der Waals surface area contributed by atoms with Crippen LogP contribution in [0.25, 0.3) is 21.3 Å². The number of anilines is 2. The Kier molecular flexibility index (Phi) is 5.70. The Labute approximate surface area is 154 Å². The topological polar surface area (TPSA) is 107 Å². The Hall–Kier alpha value is -1.93. The molecule has 0 saturated carbocycles. The molecule has 5 N–H and O–H groups in total. The van der Waals surface area contributed by atoms with Crippen molar-refractivity contribution >= 4 is 44.1 Å². The van der Waals surface area contributed by atoms with Gasteiger partial charge in [0, 0.05) is 23.9 Å². The third kappa shape index (κ3) is 4.38. The van der Waals surface area contributed by atoms with E-state index in [1.807, 2.05) is 18.2 Å². The average molecular weight is 379 g/mol. The SMILES string of the molecule is Nc1cc(-c2cccc3sc(N)nc23)c(Cl)cn1.OC1CCCOC1. The smallest absolute Gasteiger partial charge is 0.181 e. The average Bonchev–Trinajstić information content (AvgIpc) is 2.98. The van der Waals surface area contributed by atoms with Gasteiger partial charge in [0.05, 0.1) is 28.0 Å². The lowest BCUT2D eigenvalue weighted by molar-refractivity contribution is -0.00535. The van der Waals surface area contributed by atoms with Gasteiger partial charge in [0.25, 0.3) is 0 Å². The van der Waals surface area contributed by atoms with E-state index in [1.165, 1.54) is 11.3 Å². The van der Waals surface area contributed by atoms with E-state index in [0.29, 0.717) is 22.6 Å². The quantitative estimate of drug-likeness (QED) is 0.599. The van der Waals surface area contributed by atoms with E-state index >= 15 is 0 Å². The summed E-state index contributed by atoms with van der Waals surface area (Å²) < 4.78 is 5.96. The summed E-state index contributed by atoms with van der Waals surface area (Å²) in [6.07, 6.45) is 3.29. The predicted octanol–water partition coefficient (Wildman–Crippen LogP) is 3.33. The van der Waals surface area contributed by atoms with Gasteiger partial charge >= 0.3 is 0 Å². The molecule has 1 fully saturated rings. The summed E-state index contributed by atoms with van der Waals surface area (Å²) in [5.41, 5.74) is 14.0. The highest BCUT2D eigenvalue weighted by atomic mass is 35.5. The Balaban J connectivity index is 0.000000219.